The molecule has 2 aromatic heterocycles. The van der Waals surface area contributed by atoms with Crippen molar-refractivity contribution >= 4 is 22.4 Å². The molecule has 24 heavy (non-hydrogen) atoms. The van der Waals surface area contributed by atoms with Gasteiger partial charge in [0, 0.05) is 24.9 Å². The number of rotatable bonds is 3. The highest BCUT2D eigenvalue weighted by atomic mass is 32.1. The standard InChI is InChI=1S/C17H13N3O3S/c1-10(21)19-17-20-15(16(24-17)11-4-6-18-7-5-11)12-2-3-13-14(8-12)23-9-22-13/h2-8H,9H2,1H3,(H,19,20,21). The number of amides is 1. The van der Waals surface area contributed by atoms with Gasteiger partial charge in [-0.05, 0) is 35.9 Å². The Hall–Kier alpha value is -2.93. The first-order chi connectivity index (χ1) is 11.7. The smallest absolute Gasteiger partial charge is 0.231 e. The van der Waals surface area contributed by atoms with Crippen molar-refractivity contribution in [2.45, 2.75) is 6.92 Å². The summed E-state index contributed by atoms with van der Waals surface area (Å²) in [6, 6.07) is 9.54. The zero-order valence-corrected chi connectivity index (χ0v) is 13.6. The van der Waals surface area contributed by atoms with Crippen LogP contribution in [0.1, 0.15) is 6.92 Å². The number of thiazole rings is 1. The quantitative estimate of drug-likeness (QED) is 0.790. The molecule has 1 aliphatic rings. The number of nitrogens with one attached hydrogen (secondary N) is 1. The molecular formula is C17H13N3O3S. The first kappa shape index (κ1) is 14.6. The summed E-state index contributed by atoms with van der Waals surface area (Å²) < 4.78 is 10.8. The van der Waals surface area contributed by atoms with E-state index in [9.17, 15) is 4.79 Å². The van der Waals surface area contributed by atoms with Crippen LogP contribution in [0.3, 0.4) is 0 Å². The lowest BCUT2D eigenvalue weighted by atomic mass is 10.1. The lowest BCUT2D eigenvalue weighted by Gasteiger charge is -2.04. The summed E-state index contributed by atoms with van der Waals surface area (Å²) in [5.41, 5.74) is 2.68. The fraction of sp³-hybridized carbons (Fsp3) is 0.118. The number of benzene rings is 1. The summed E-state index contributed by atoms with van der Waals surface area (Å²) in [6.45, 7) is 1.69. The van der Waals surface area contributed by atoms with Crippen molar-refractivity contribution < 1.29 is 14.3 Å². The topological polar surface area (TPSA) is 73.3 Å². The third kappa shape index (κ3) is 2.69. The molecule has 1 N–H and O–H groups in total. The molecule has 3 aromatic rings. The van der Waals surface area contributed by atoms with Crippen molar-refractivity contribution in [3.05, 3.63) is 42.7 Å². The van der Waals surface area contributed by atoms with Crippen molar-refractivity contribution in [1.29, 1.82) is 0 Å². The highest BCUT2D eigenvalue weighted by Gasteiger charge is 2.19. The van der Waals surface area contributed by atoms with E-state index in [4.69, 9.17) is 9.47 Å². The number of carbonyl (C=O) groups excluding carboxylic acids is 1. The Labute approximate surface area is 142 Å². The van der Waals surface area contributed by atoms with E-state index in [1.165, 1.54) is 18.3 Å². The van der Waals surface area contributed by atoms with Crippen molar-refractivity contribution in [3.63, 3.8) is 0 Å². The average Bonchev–Trinajstić information content (AvgIpc) is 3.21. The van der Waals surface area contributed by atoms with Gasteiger partial charge in [0.25, 0.3) is 0 Å². The third-order valence-corrected chi connectivity index (χ3v) is 4.52. The molecule has 0 saturated carbocycles. The Morgan fingerprint density at radius 1 is 1.12 bits per heavy atom. The normalized spacial score (nSPS) is 12.2. The highest BCUT2D eigenvalue weighted by molar-refractivity contribution is 7.19. The van der Waals surface area contributed by atoms with E-state index in [2.05, 4.69) is 15.3 Å². The van der Waals surface area contributed by atoms with Crippen LogP contribution in [-0.2, 0) is 4.79 Å². The monoisotopic (exact) mass is 339 g/mol. The number of ether oxygens (including phenoxy) is 2. The van der Waals surface area contributed by atoms with Crippen LogP contribution in [0, 0.1) is 0 Å². The molecule has 0 spiro atoms. The molecule has 6 nitrogen and oxygen atoms in total. The minimum atomic E-state index is -0.151. The number of pyridine rings is 1. The first-order valence-corrected chi connectivity index (χ1v) is 8.11. The van der Waals surface area contributed by atoms with Crippen LogP contribution in [0.15, 0.2) is 42.7 Å². The Kier molecular flexibility index (Phi) is 3.62. The summed E-state index contributed by atoms with van der Waals surface area (Å²) in [6.07, 6.45) is 3.47. The van der Waals surface area contributed by atoms with Crippen LogP contribution in [0.4, 0.5) is 5.13 Å². The zero-order chi connectivity index (χ0) is 16.5. The van der Waals surface area contributed by atoms with Crippen LogP contribution in [0.2, 0.25) is 0 Å². The number of aromatic nitrogens is 2. The molecule has 120 valence electrons. The molecule has 1 aromatic carbocycles. The molecule has 0 aliphatic carbocycles. The van der Waals surface area contributed by atoms with Gasteiger partial charge in [0.2, 0.25) is 12.7 Å². The SMILES string of the molecule is CC(=O)Nc1nc(-c2ccc3c(c2)OCO3)c(-c2ccncc2)s1. The van der Waals surface area contributed by atoms with Gasteiger partial charge in [-0.25, -0.2) is 4.98 Å². The van der Waals surface area contributed by atoms with Crippen LogP contribution in [-0.4, -0.2) is 22.7 Å². The number of anilines is 1. The van der Waals surface area contributed by atoms with Gasteiger partial charge in [-0.2, -0.15) is 0 Å². The molecule has 0 radical (unpaired) electrons. The predicted octanol–water partition coefficient (Wildman–Crippen LogP) is 3.56. The van der Waals surface area contributed by atoms with Crippen molar-refractivity contribution in [2.24, 2.45) is 0 Å². The van der Waals surface area contributed by atoms with E-state index in [0.717, 1.165) is 27.4 Å². The predicted molar refractivity (Wildman–Crippen MR) is 91.2 cm³/mol. The lowest BCUT2D eigenvalue weighted by Crippen LogP contribution is -2.04. The second-order valence-corrected chi connectivity index (χ2v) is 6.18. The second-order valence-electron chi connectivity index (χ2n) is 5.18. The molecule has 0 bridgehead atoms. The van der Waals surface area contributed by atoms with Gasteiger partial charge in [0.05, 0.1) is 10.6 Å². The van der Waals surface area contributed by atoms with Gasteiger partial charge in [0.1, 0.15) is 0 Å². The van der Waals surface area contributed by atoms with Crippen LogP contribution in [0.25, 0.3) is 21.7 Å². The molecule has 3 heterocycles. The highest BCUT2D eigenvalue weighted by Crippen LogP contribution is 2.42. The van der Waals surface area contributed by atoms with Gasteiger partial charge < -0.3 is 14.8 Å². The third-order valence-electron chi connectivity index (χ3n) is 3.50. The largest absolute Gasteiger partial charge is 0.454 e. The van der Waals surface area contributed by atoms with E-state index in [-0.39, 0.29) is 12.7 Å². The number of carbonyl (C=O) groups is 1. The van der Waals surface area contributed by atoms with Gasteiger partial charge in [-0.15, -0.1) is 0 Å². The number of hydrogen-bond acceptors (Lipinski definition) is 6. The van der Waals surface area contributed by atoms with Crippen molar-refractivity contribution in [1.82, 2.24) is 9.97 Å². The Morgan fingerprint density at radius 2 is 1.92 bits per heavy atom. The fourth-order valence-electron chi connectivity index (χ4n) is 2.46. The summed E-state index contributed by atoms with van der Waals surface area (Å²) >= 11 is 1.43. The number of hydrogen-bond donors (Lipinski definition) is 1. The average molecular weight is 339 g/mol. The van der Waals surface area contributed by atoms with Crippen LogP contribution < -0.4 is 14.8 Å². The zero-order valence-electron chi connectivity index (χ0n) is 12.8. The minimum Gasteiger partial charge on any atom is -0.454 e. The lowest BCUT2D eigenvalue weighted by molar-refractivity contribution is -0.114. The van der Waals surface area contributed by atoms with E-state index in [1.54, 1.807) is 12.4 Å². The molecule has 0 unspecified atom stereocenters. The van der Waals surface area contributed by atoms with Gasteiger partial charge in [-0.1, -0.05) is 11.3 Å². The molecule has 0 saturated heterocycles. The maximum absolute atomic E-state index is 11.4. The molecule has 4 rings (SSSR count). The first-order valence-electron chi connectivity index (χ1n) is 7.29. The fourth-order valence-corrected chi connectivity index (χ4v) is 3.50. The molecule has 1 amide bonds. The molecule has 7 heteroatoms. The minimum absolute atomic E-state index is 0.151. The Morgan fingerprint density at radius 3 is 2.71 bits per heavy atom. The molecule has 1 aliphatic heterocycles. The molecule has 0 fully saturated rings. The summed E-state index contributed by atoms with van der Waals surface area (Å²) in [5, 5.41) is 3.31. The maximum Gasteiger partial charge on any atom is 0.231 e. The maximum atomic E-state index is 11.4. The number of nitrogens with zero attached hydrogens (tertiary/aromatic N) is 2. The summed E-state index contributed by atoms with van der Waals surface area (Å²) in [5.74, 6) is 1.27. The summed E-state index contributed by atoms with van der Waals surface area (Å²) in [7, 11) is 0. The van der Waals surface area contributed by atoms with E-state index < -0.39 is 0 Å². The van der Waals surface area contributed by atoms with E-state index in [1.807, 2.05) is 30.3 Å². The van der Waals surface area contributed by atoms with E-state index in [0.29, 0.717) is 10.9 Å². The Balaban J connectivity index is 1.84. The molecule has 0 atom stereocenters. The number of fused-ring (bicyclic) bond motifs is 1. The Bertz CT molecular complexity index is 909. The van der Waals surface area contributed by atoms with Crippen molar-refractivity contribution in [2.75, 3.05) is 12.1 Å². The molecular weight excluding hydrogens is 326 g/mol. The second kappa shape index (κ2) is 5.93. The van der Waals surface area contributed by atoms with Crippen LogP contribution in [0.5, 0.6) is 11.5 Å². The van der Waals surface area contributed by atoms with Gasteiger partial charge in [0.15, 0.2) is 16.6 Å². The van der Waals surface area contributed by atoms with Gasteiger partial charge in [-0.3, -0.25) is 9.78 Å². The van der Waals surface area contributed by atoms with E-state index >= 15 is 0 Å². The van der Waals surface area contributed by atoms with Crippen molar-refractivity contribution in [3.8, 4) is 33.2 Å². The summed E-state index contributed by atoms with van der Waals surface area (Å²) in [4.78, 5) is 21.0. The van der Waals surface area contributed by atoms with Crippen LogP contribution >= 0.6 is 11.3 Å². The van der Waals surface area contributed by atoms with Gasteiger partial charge >= 0.3 is 0 Å².